The second kappa shape index (κ2) is 8.14. The molecule has 4 unspecified atom stereocenters. The van der Waals surface area contributed by atoms with E-state index in [9.17, 15) is 9.59 Å². The molecule has 0 aromatic heterocycles. The van der Waals surface area contributed by atoms with E-state index in [-0.39, 0.29) is 11.8 Å². The summed E-state index contributed by atoms with van der Waals surface area (Å²) in [7, 11) is 1.54. The first-order valence-electron chi connectivity index (χ1n) is 10.3. The van der Waals surface area contributed by atoms with Gasteiger partial charge in [0, 0.05) is 7.05 Å². The van der Waals surface area contributed by atoms with Gasteiger partial charge in [-0.2, -0.15) is 0 Å². The summed E-state index contributed by atoms with van der Waals surface area (Å²) in [6, 6.07) is 3.76. The van der Waals surface area contributed by atoms with Crippen molar-refractivity contribution in [3.63, 3.8) is 0 Å². The molecule has 9 heteroatoms. The van der Waals surface area contributed by atoms with E-state index in [4.69, 9.17) is 28.4 Å². The van der Waals surface area contributed by atoms with Gasteiger partial charge < -0.3 is 28.4 Å². The van der Waals surface area contributed by atoms with Crippen molar-refractivity contribution >= 4 is 11.8 Å². The molecule has 2 fully saturated rings. The minimum Gasteiger partial charge on any atom is -0.487 e. The fourth-order valence-corrected chi connectivity index (χ4v) is 4.63. The van der Waals surface area contributed by atoms with Crippen LogP contribution in [0, 0.1) is 11.8 Å². The standard InChI is InChI=1S/C21H25NO8/c1-22-20(23)16-17(21(22)24)19-13-11-15-14(10-12(13)18(16)30-19)28-8-6-26-4-2-25-3-5-27-7-9-29-15/h10-11,16-19H,2-9H2,1H3. The van der Waals surface area contributed by atoms with Crippen molar-refractivity contribution in [2.75, 3.05) is 59.9 Å². The minimum absolute atomic E-state index is 0.177. The van der Waals surface area contributed by atoms with Gasteiger partial charge in [0.25, 0.3) is 0 Å². The highest BCUT2D eigenvalue weighted by Crippen LogP contribution is 2.61. The summed E-state index contributed by atoms with van der Waals surface area (Å²) < 4.78 is 34.4. The van der Waals surface area contributed by atoms with E-state index in [2.05, 4.69) is 0 Å². The zero-order valence-corrected chi connectivity index (χ0v) is 16.8. The topological polar surface area (TPSA) is 92.8 Å². The highest BCUT2D eigenvalue weighted by Gasteiger charge is 2.63. The molecule has 1 aromatic carbocycles. The van der Waals surface area contributed by atoms with Gasteiger partial charge >= 0.3 is 0 Å². The van der Waals surface area contributed by atoms with Crippen molar-refractivity contribution < 1.29 is 38.0 Å². The normalized spacial score (nSPS) is 31.8. The molecular weight excluding hydrogens is 394 g/mol. The smallest absolute Gasteiger partial charge is 0.235 e. The first-order valence-corrected chi connectivity index (χ1v) is 10.3. The van der Waals surface area contributed by atoms with Crippen LogP contribution in [0.1, 0.15) is 23.3 Å². The van der Waals surface area contributed by atoms with Crippen LogP contribution >= 0.6 is 0 Å². The van der Waals surface area contributed by atoms with Crippen molar-refractivity contribution in [2.24, 2.45) is 11.8 Å². The zero-order chi connectivity index (χ0) is 20.7. The summed E-state index contributed by atoms with van der Waals surface area (Å²) in [5.74, 6) is -0.132. The maximum atomic E-state index is 12.6. The van der Waals surface area contributed by atoms with E-state index >= 15 is 0 Å². The maximum absolute atomic E-state index is 12.6. The van der Waals surface area contributed by atoms with Gasteiger partial charge in [-0.05, 0) is 23.3 Å². The van der Waals surface area contributed by atoms with E-state index in [1.54, 1.807) is 0 Å². The highest BCUT2D eigenvalue weighted by molar-refractivity contribution is 6.06. The largest absolute Gasteiger partial charge is 0.487 e. The molecule has 2 saturated heterocycles. The van der Waals surface area contributed by atoms with Gasteiger partial charge in [-0.1, -0.05) is 0 Å². The SMILES string of the molecule is CN1C(=O)C2C3OC(c4cc5c(cc43)OCCOCCOCCOCCO5)C2C1=O. The molecule has 30 heavy (non-hydrogen) atoms. The van der Waals surface area contributed by atoms with Crippen LogP contribution in [0.5, 0.6) is 11.5 Å². The molecular formula is C21H25NO8. The predicted octanol–water partition coefficient (Wildman–Crippen LogP) is 0.865. The molecule has 0 N–H and O–H groups in total. The Labute approximate surface area is 174 Å². The number of ether oxygens (including phenoxy) is 6. The number of hydrogen-bond acceptors (Lipinski definition) is 8. The Morgan fingerprint density at radius 2 is 1.10 bits per heavy atom. The van der Waals surface area contributed by atoms with Crippen LogP contribution in [0.25, 0.3) is 0 Å². The van der Waals surface area contributed by atoms with Crippen LogP contribution < -0.4 is 9.47 Å². The fourth-order valence-electron chi connectivity index (χ4n) is 4.63. The quantitative estimate of drug-likeness (QED) is 0.572. The number of benzene rings is 1. The summed E-state index contributed by atoms with van der Waals surface area (Å²) in [6.45, 7) is 3.53. The van der Waals surface area contributed by atoms with E-state index in [1.807, 2.05) is 12.1 Å². The number of fused-ring (bicyclic) bond motifs is 9. The molecule has 4 aliphatic heterocycles. The number of amides is 2. The average Bonchev–Trinajstić information content (AvgIpc) is 3.37. The minimum atomic E-state index is -0.460. The number of imide groups is 1. The Morgan fingerprint density at radius 3 is 1.53 bits per heavy atom. The van der Waals surface area contributed by atoms with Gasteiger partial charge in [-0.3, -0.25) is 14.5 Å². The maximum Gasteiger partial charge on any atom is 0.235 e. The molecule has 0 spiro atoms. The lowest BCUT2D eigenvalue weighted by Gasteiger charge is -2.22. The number of carbonyl (C=O) groups excluding carboxylic acids is 2. The lowest BCUT2D eigenvalue weighted by Crippen LogP contribution is -2.28. The molecule has 0 saturated carbocycles. The summed E-state index contributed by atoms with van der Waals surface area (Å²) >= 11 is 0. The molecule has 0 radical (unpaired) electrons. The molecule has 2 amide bonds. The van der Waals surface area contributed by atoms with E-state index in [1.165, 1.54) is 11.9 Å². The number of likely N-dealkylation sites (tertiary alicyclic amines) is 1. The monoisotopic (exact) mass is 419 g/mol. The Morgan fingerprint density at radius 1 is 0.700 bits per heavy atom. The number of rotatable bonds is 0. The highest BCUT2D eigenvalue weighted by atomic mass is 16.6. The molecule has 1 aromatic rings. The van der Waals surface area contributed by atoms with Crippen molar-refractivity contribution in [1.82, 2.24) is 4.90 Å². The third-order valence-corrected chi connectivity index (χ3v) is 6.04. The molecule has 9 nitrogen and oxygen atoms in total. The predicted molar refractivity (Wildman–Crippen MR) is 101 cm³/mol. The van der Waals surface area contributed by atoms with Crippen LogP contribution in [0.15, 0.2) is 12.1 Å². The number of nitrogens with zero attached hydrogens (tertiary/aromatic N) is 1. The van der Waals surface area contributed by atoms with E-state index < -0.39 is 24.0 Å². The molecule has 162 valence electrons. The Kier molecular flexibility index (Phi) is 5.36. The Balaban J connectivity index is 1.41. The van der Waals surface area contributed by atoms with E-state index in [0.29, 0.717) is 64.4 Å². The van der Waals surface area contributed by atoms with Crippen molar-refractivity contribution in [1.29, 1.82) is 0 Å². The van der Waals surface area contributed by atoms with Gasteiger partial charge in [0.05, 0.1) is 63.7 Å². The summed E-state index contributed by atoms with van der Waals surface area (Å²) in [6.07, 6.45) is -0.864. The van der Waals surface area contributed by atoms with Crippen LogP contribution in [-0.4, -0.2) is 76.6 Å². The summed E-state index contributed by atoms with van der Waals surface area (Å²) in [4.78, 5) is 26.3. The van der Waals surface area contributed by atoms with Crippen molar-refractivity contribution in [3.8, 4) is 11.5 Å². The first-order chi connectivity index (χ1) is 14.7. The van der Waals surface area contributed by atoms with E-state index in [0.717, 1.165) is 11.1 Å². The average molecular weight is 419 g/mol. The molecule has 4 heterocycles. The second-order valence-corrected chi connectivity index (χ2v) is 7.73. The number of hydrogen-bond donors (Lipinski definition) is 0. The lowest BCUT2D eigenvalue weighted by atomic mass is 9.77. The van der Waals surface area contributed by atoms with Crippen molar-refractivity contribution in [2.45, 2.75) is 12.2 Å². The molecule has 4 aliphatic rings. The van der Waals surface area contributed by atoms with Crippen LogP contribution in [0.4, 0.5) is 0 Å². The van der Waals surface area contributed by atoms with Gasteiger partial charge in [-0.25, -0.2) is 0 Å². The summed E-state index contributed by atoms with van der Waals surface area (Å²) in [5, 5.41) is 0. The Hall–Kier alpha value is -2.20. The third-order valence-electron chi connectivity index (χ3n) is 6.04. The van der Waals surface area contributed by atoms with Crippen LogP contribution in [0.2, 0.25) is 0 Å². The molecule has 2 bridgehead atoms. The van der Waals surface area contributed by atoms with Gasteiger partial charge in [-0.15, -0.1) is 0 Å². The lowest BCUT2D eigenvalue weighted by molar-refractivity contribution is -0.141. The second-order valence-electron chi connectivity index (χ2n) is 7.73. The first kappa shape index (κ1) is 19.7. The zero-order valence-electron chi connectivity index (χ0n) is 16.8. The number of carbonyl (C=O) groups is 2. The Bertz CT molecular complexity index is 778. The van der Waals surface area contributed by atoms with Crippen LogP contribution in [0.3, 0.4) is 0 Å². The fraction of sp³-hybridized carbons (Fsp3) is 0.619. The molecule has 4 atom stereocenters. The van der Waals surface area contributed by atoms with Crippen LogP contribution in [-0.2, 0) is 28.5 Å². The molecule has 0 aliphatic carbocycles. The van der Waals surface area contributed by atoms with Gasteiger partial charge in [0.15, 0.2) is 11.5 Å². The summed E-state index contributed by atoms with van der Waals surface area (Å²) in [5.41, 5.74) is 1.78. The van der Waals surface area contributed by atoms with Gasteiger partial charge in [0.1, 0.15) is 13.2 Å². The third kappa shape index (κ3) is 3.26. The van der Waals surface area contributed by atoms with Crippen molar-refractivity contribution in [3.05, 3.63) is 23.3 Å². The van der Waals surface area contributed by atoms with Gasteiger partial charge in [0.2, 0.25) is 11.8 Å². The molecule has 5 rings (SSSR count).